The maximum absolute atomic E-state index is 13.6. The molecule has 2 N–H and O–H groups in total. The van der Waals surface area contributed by atoms with Gasteiger partial charge in [0.05, 0.1) is 5.60 Å². The Labute approximate surface area is 111 Å². The van der Waals surface area contributed by atoms with E-state index in [0.717, 1.165) is 12.1 Å². The quantitative estimate of drug-likeness (QED) is 0.881. The van der Waals surface area contributed by atoms with Crippen molar-refractivity contribution in [2.45, 2.75) is 31.4 Å². The van der Waals surface area contributed by atoms with Gasteiger partial charge < -0.3 is 15.2 Å². The molecular weight excluding hydrogens is 252 g/mol. The maximum atomic E-state index is 13.6. The monoisotopic (exact) mass is 271 g/mol. The summed E-state index contributed by atoms with van der Waals surface area (Å²) < 4.78 is 31.9. The summed E-state index contributed by atoms with van der Waals surface area (Å²) in [6.45, 7) is 3.15. The van der Waals surface area contributed by atoms with Gasteiger partial charge in [-0.25, -0.2) is 8.78 Å². The number of rotatable bonds is 4. The predicted octanol–water partition coefficient (Wildman–Crippen LogP) is 2.16. The molecule has 1 aliphatic heterocycles. The lowest BCUT2D eigenvalue weighted by atomic mass is 9.94. The number of ether oxygens (including phenoxy) is 1. The lowest BCUT2D eigenvalue weighted by Crippen LogP contribution is -2.45. The zero-order valence-electron chi connectivity index (χ0n) is 11.0. The second kappa shape index (κ2) is 5.94. The second-order valence-corrected chi connectivity index (χ2v) is 5.11. The van der Waals surface area contributed by atoms with E-state index in [-0.39, 0.29) is 11.6 Å². The minimum Gasteiger partial charge on any atom is -0.388 e. The van der Waals surface area contributed by atoms with Crippen molar-refractivity contribution in [1.29, 1.82) is 0 Å². The summed E-state index contributed by atoms with van der Waals surface area (Å²) in [5.74, 6) is -0.907. The summed E-state index contributed by atoms with van der Waals surface area (Å²) in [6.07, 6.45) is 1.11. The van der Waals surface area contributed by atoms with Crippen LogP contribution in [0.3, 0.4) is 0 Å². The fraction of sp³-hybridized carbons (Fsp3) is 0.571. The first-order chi connectivity index (χ1) is 9.00. The molecule has 1 aromatic carbocycles. The van der Waals surface area contributed by atoms with Crippen LogP contribution in [0, 0.1) is 11.6 Å². The van der Waals surface area contributed by atoms with Crippen LogP contribution in [0.15, 0.2) is 18.2 Å². The smallest absolute Gasteiger partial charge is 0.128 e. The molecule has 106 valence electrons. The first-order valence-corrected chi connectivity index (χ1v) is 6.49. The molecular formula is C14H19F2NO2. The van der Waals surface area contributed by atoms with E-state index in [2.05, 4.69) is 5.32 Å². The first kappa shape index (κ1) is 14.4. The van der Waals surface area contributed by atoms with Gasteiger partial charge in [0.25, 0.3) is 0 Å². The Balaban J connectivity index is 1.97. The Kier molecular flexibility index (Phi) is 4.50. The van der Waals surface area contributed by atoms with Gasteiger partial charge >= 0.3 is 0 Å². The highest BCUT2D eigenvalue weighted by atomic mass is 19.1. The largest absolute Gasteiger partial charge is 0.388 e. The Morgan fingerprint density at radius 3 is 2.74 bits per heavy atom. The molecule has 0 aliphatic carbocycles. The topological polar surface area (TPSA) is 41.5 Å². The molecule has 0 spiro atoms. The van der Waals surface area contributed by atoms with Crippen LogP contribution in [0.25, 0.3) is 0 Å². The fourth-order valence-corrected chi connectivity index (χ4v) is 2.23. The van der Waals surface area contributed by atoms with Crippen molar-refractivity contribution < 1.29 is 18.6 Å². The highest BCUT2D eigenvalue weighted by Crippen LogP contribution is 2.22. The minimum absolute atomic E-state index is 0.274. The number of aliphatic hydroxyl groups is 1. The summed E-state index contributed by atoms with van der Waals surface area (Å²) in [7, 11) is 0. The van der Waals surface area contributed by atoms with Crippen LogP contribution in [0.5, 0.6) is 0 Å². The lowest BCUT2D eigenvalue weighted by Gasteiger charge is -2.33. The molecule has 1 fully saturated rings. The van der Waals surface area contributed by atoms with Crippen LogP contribution in [-0.2, 0) is 4.74 Å². The van der Waals surface area contributed by atoms with Crippen LogP contribution in [0.1, 0.15) is 31.4 Å². The number of halogens is 2. The number of benzene rings is 1. The molecule has 1 aromatic rings. The second-order valence-electron chi connectivity index (χ2n) is 5.11. The van der Waals surface area contributed by atoms with Gasteiger partial charge in [0, 0.05) is 44.2 Å². The van der Waals surface area contributed by atoms with Gasteiger partial charge in [-0.2, -0.15) is 0 Å². The van der Waals surface area contributed by atoms with Gasteiger partial charge in [-0.05, 0) is 25.1 Å². The first-order valence-electron chi connectivity index (χ1n) is 6.49. The highest BCUT2D eigenvalue weighted by Gasteiger charge is 2.30. The normalized spacial score (nSPS) is 20.2. The zero-order chi connectivity index (χ0) is 13.9. The number of hydrogen-bond acceptors (Lipinski definition) is 3. The summed E-state index contributed by atoms with van der Waals surface area (Å²) in [4.78, 5) is 0. The molecule has 0 amide bonds. The molecule has 0 aromatic heterocycles. The molecule has 0 radical (unpaired) electrons. The number of nitrogens with one attached hydrogen (secondary N) is 1. The van der Waals surface area contributed by atoms with Gasteiger partial charge in [0.1, 0.15) is 11.6 Å². The van der Waals surface area contributed by atoms with E-state index in [1.807, 2.05) is 0 Å². The zero-order valence-corrected chi connectivity index (χ0v) is 11.0. The van der Waals surface area contributed by atoms with Crippen LogP contribution in [-0.4, -0.2) is 30.5 Å². The molecule has 5 heteroatoms. The van der Waals surface area contributed by atoms with Gasteiger partial charge in [-0.3, -0.25) is 0 Å². The van der Waals surface area contributed by atoms with E-state index in [4.69, 9.17) is 4.74 Å². The van der Waals surface area contributed by atoms with E-state index >= 15 is 0 Å². The molecule has 1 saturated heterocycles. The van der Waals surface area contributed by atoms with Gasteiger partial charge in [0.2, 0.25) is 0 Å². The van der Waals surface area contributed by atoms with E-state index in [1.165, 1.54) is 6.07 Å². The van der Waals surface area contributed by atoms with E-state index < -0.39 is 17.2 Å². The Bertz CT molecular complexity index is 433. The summed E-state index contributed by atoms with van der Waals surface area (Å²) in [6, 6.07) is 3.03. The van der Waals surface area contributed by atoms with Crippen molar-refractivity contribution in [2.24, 2.45) is 0 Å². The van der Waals surface area contributed by atoms with Crippen molar-refractivity contribution in [3.63, 3.8) is 0 Å². The van der Waals surface area contributed by atoms with Crippen molar-refractivity contribution in [2.75, 3.05) is 19.8 Å². The van der Waals surface area contributed by atoms with Gasteiger partial charge in [-0.15, -0.1) is 0 Å². The summed E-state index contributed by atoms with van der Waals surface area (Å²) in [5.41, 5.74) is -0.549. The standard InChI is InChI=1S/C14H19F2NO2/c1-10(12-8-11(15)2-3-13(12)16)17-9-14(18)4-6-19-7-5-14/h2-3,8,10,17-18H,4-7,9H2,1H3. The van der Waals surface area contributed by atoms with E-state index in [9.17, 15) is 13.9 Å². The van der Waals surface area contributed by atoms with E-state index in [0.29, 0.717) is 32.6 Å². The molecule has 1 aliphatic rings. The van der Waals surface area contributed by atoms with Gasteiger partial charge in [0.15, 0.2) is 0 Å². The molecule has 1 unspecified atom stereocenters. The van der Waals surface area contributed by atoms with Crippen molar-refractivity contribution in [1.82, 2.24) is 5.32 Å². The third kappa shape index (κ3) is 3.72. The summed E-state index contributed by atoms with van der Waals surface area (Å²) in [5, 5.41) is 13.3. The van der Waals surface area contributed by atoms with Gasteiger partial charge in [-0.1, -0.05) is 0 Å². The molecule has 1 heterocycles. The molecule has 3 nitrogen and oxygen atoms in total. The lowest BCUT2D eigenvalue weighted by molar-refractivity contribution is -0.0626. The Morgan fingerprint density at radius 2 is 2.05 bits per heavy atom. The van der Waals surface area contributed by atoms with Crippen LogP contribution >= 0.6 is 0 Å². The highest BCUT2D eigenvalue weighted by molar-refractivity contribution is 5.21. The predicted molar refractivity (Wildman–Crippen MR) is 67.8 cm³/mol. The SMILES string of the molecule is CC(NCC1(O)CCOCC1)c1cc(F)ccc1F. The Hall–Kier alpha value is -1.04. The molecule has 0 saturated carbocycles. The molecule has 19 heavy (non-hydrogen) atoms. The minimum atomic E-state index is -0.823. The van der Waals surface area contributed by atoms with Crippen LogP contribution < -0.4 is 5.32 Å². The third-order valence-corrected chi connectivity index (χ3v) is 3.59. The number of hydrogen-bond donors (Lipinski definition) is 2. The molecule has 0 bridgehead atoms. The third-order valence-electron chi connectivity index (χ3n) is 3.59. The maximum Gasteiger partial charge on any atom is 0.128 e. The summed E-state index contributed by atoms with van der Waals surface area (Å²) >= 11 is 0. The van der Waals surface area contributed by atoms with Crippen molar-refractivity contribution in [3.8, 4) is 0 Å². The average molecular weight is 271 g/mol. The Morgan fingerprint density at radius 1 is 1.37 bits per heavy atom. The average Bonchev–Trinajstić information content (AvgIpc) is 2.40. The molecule has 1 atom stereocenters. The van der Waals surface area contributed by atoms with Crippen LogP contribution in [0.2, 0.25) is 0 Å². The fourth-order valence-electron chi connectivity index (χ4n) is 2.23. The van der Waals surface area contributed by atoms with Crippen molar-refractivity contribution in [3.05, 3.63) is 35.4 Å². The van der Waals surface area contributed by atoms with E-state index in [1.54, 1.807) is 6.92 Å². The molecule has 2 rings (SSSR count). The van der Waals surface area contributed by atoms with Crippen molar-refractivity contribution >= 4 is 0 Å². The van der Waals surface area contributed by atoms with Crippen LogP contribution in [0.4, 0.5) is 8.78 Å².